The summed E-state index contributed by atoms with van der Waals surface area (Å²) in [6, 6.07) is 16.4. The maximum atomic E-state index is 13.9. The van der Waals surface area contributed by atoms with Gasteiger partial charge in [-0.05, 0) is 93.4 Å². The Balaban J connectivity index is 1.51. The predicted molar refractivity (Wildman–Crippen MR) is 160 cm³/mol. The van der Waals surface area contributed by atoms with Crippen molar-refractivity contribution in [2.75, 3.05) is 53.5 Å². The fraction of sp³-hybridized carbons (Fsp3) is 0.438. The molecule has 0 spiro atoms. The molecule has 0 saturated carbocycles. The van der Waals surface area contributed by atoms with Crippen LogP contribution in [0.3, 0.4) is 0 Å². The Kier molecular flexibility index (Phi) is 11.1. The number of hydrogen-bond donors (Lipinski definition) is 0. The summed E-state index contributed by atoms with van der Waals surface area (Å²) in [5.74, 6) is 2.46. The van der Waals surface area contributed by atoms with Gasteiger partial charge in [0.15, 0.2) is 11.5 Å². The van der Waals surface area contributed by atoms with Gasteiger partial charge in [-0.3, -0.25) is 9.59 Å². The van der Waals surface area contributed by atoms with Gasteiger partial charge in [-0.25, -0.2) is 0 Å². The third-order valence-electron chi connectivity index (χ3n) is 7.45. The molecule has 1 saturated heterocycles. The summed E-state index contributed by atoms with van der Waals surface area (Å²) in [5, 5.41) is 0.563. The van der Waals surface area contributed by atoms with Crippen LogP contribution < -0.4 is 9.47 Å². The number of benzene rings is 2. The van der Waals surface area contributed by atoms with Gasteiger partial charge in [0.1, 0.15) is 18.1 Å². The number of likely N-dealkylation sites (tertiary alicyclic amines) is 1. The lowest BCUT2D eigenvalue weighted by Crippen LogP contribution is -2.46. The number of methoxy groups -OCH3 is 2. The predicted octanol–water partition coefficient (Wildman–Crippen LogP) is 5.46. The maximum Gasteiger partial charge on any atom is 0.254 e. The van der Waals surface area contributed by atoms with E-state index in [2.05, 4.69) is 4.90 Å². The molecule has 41 heavy (non-hydrogen) atoms. The molecule has 0 radical (unpaired) electrons. The molecule has 0 atom stereocenters. The van der Waals surface area contributed by atoms with Crippen molar-refractivity contribution >= 4 is 23.4 Å². The van der Waals surface area contributed by atoms with E-state index in [1.54, 1.807) is 48.3 Å². The normalized spacial score (nSPS) is 13.6. The first-order valence-electron chi connectivity index (χ1n) is 14.2. The van der Waals surface area contributed by atoms with Crippen molar-refractivity contribution in [3.63, 3.8) is 0 Å². The molecule has 4 rings (SSSR count). The molecule has 0 N–H and O–H groups in total. The lowest BCUT2D eigenvalue weighted by Gasteiger charge is -2.31. The number of furan rings is 1. The highest BCUT2D eigenvalue weighted by Gasteiger charge is 2.24. The number of carbonyl (C=O) groups is 2. The number of halogens is 1. The molecule has 2 amide bonds. The topological polar surface area (TPSA) is 75.5 Å². The highest BCUT2D eigenvalue weighted by Crippen LogP contribution is 2.28. The number of amides is 2. The first-order chi connectivity index (χ1) is 19.9. The van der Waals surface area contributed by atoms with E-state index in [-0.39, 0.29) is 18.4 Å². The molecule has 1 fully saturated rings. The van der Waals surface area contributed by atoms with Crippen LogP contribution in [0.4, 0.5) is 0 Å². The average Bonchev–Trinajstić information content (AvgIpc) is 3.41. The van der Waals surface area contributed by atoms with E-state index in [4.69, 9.17) is 25.5 Å². The zero-order valence-electron chi connectivity index (χ0n) is 24.2. The Morgan fingerprint density at radius 3 is 2.29 bits per heavy atom. The molecule has 2 heterocycles. The highest BCUT2D eigenvalue weighted by atomic mass is 35.5. The van der Waals surface area contributed by atoms with Crippen LogP contribution in [0, 0.1) is 6.92 Å². The van der Waals surface area contributed by atoms with Crippen LogP contribution in [0.1, 0.15) is 46.7 Å². The van der Waals surface area contributed by atoms with Gasteiger partial charge in [0.2, 0.25) is 5.91 Å². The summed E-state index contributed by atoms with van der Waals surface area (Å²) in [5.41, 5.74) is 1.52. The molecular formula is C32H40ClN3O5. The van der Waals surface area contributed by atoms with Gasteiger partial charge in [-0.2, -0.15) is 0 Å². The van der Waals surface area contributed by atoms with Crippen molar-refractivity contribution < 1.29 is 23.5 Å². The molecule has 0 aliphatic carbocycles. The second-order valence-electron chi connectivity index (χ2n) is 10.4. The molecule has 3 aromatic rings. The summed E-state index contributed by atoms with van der Waals surface area (Å²) in [4.78, 5) is 33.3. The fourth-order valence-corrected chi connectivity index (χ4v) is 5.21. The molecule has 220 valence electrons. The Morgan fingerprint density at radius 1 is 0.902 bits per heavy atom. The summed E-state index contributed by atoms with van der Waals surface area (Å²) in [6.07, 6.45) is 4.17. The minimum absolute atomic E-state index is 0.0269. The highest BCUT2D eigenvalue weighted by molar-refractivity contribution is 6.30. The lowest BCUT2D eigenvalue weighted by atomic mass is 10.1. The first-order valence-corrected chi connectivity index (χ1v) is 14.5. The van der Waals surface area contributed by atoms with Gasteiger partial charge in [0.05, 0.1) is 20.8 Å². The molecular weight excluding hydrogens is 542 g/mol. The van der Waals surface area contributed by atoms with Crippen LogP contribution in [-0.2, 0) is 17.8 Å². The number of nitrogens with zero attached hydrogens (tertiary/aromatic N) is 3. The third-order valence-corrected chi connectivity index (χ3v) is 7.71. The summed E-state index contributed by atoms with van der Waals surface area (Å²) >= 11 is 6.07. The maximum absolute atomic E-state index is 13.9. The SMILES string of the molecule is COc1ccc(CCN(Cc2ccc(C)o2)C(=O)CN(CCN2CCCCC2)C(=O)c2ccc(Cl)cc2)cc1OC. The van der Waals surface area contributed by atoms with E-state index in [9.17, 15) is 9.59 Å². The van der Waals surface area contributed by atoms with Gasteiger partial charge in [-0.15, -0.1) is 0 Å². The Hall–Kier alpha value is -3.49. The molecule has 8 nitrogen and oxygen atoms in total. The van der Waals surface area contributed by atoms with Crippen molar-refractivity contribution in [3.8, 4) is 11.5 Å². The molecule has 9 heteroatoms. The van der Waals surface area contributed by atoms with E-state index in [0.29, 0.717) is 53.9 Å². The third kappa shape index (κ3) is 8.75. The molecule has 1 aliphatic rings. The van der Waals surface area contributed by atoms with Crippen molar-refractivity contribution in [1.82, 2.24) is 14.7 Å². The molecule has 1 aliphatic heterocycles. The minimum Gasteiger partial charge on any atom is -0.493 e. The van der Waals surface area contributed by atoms with Gasteiger partial charge >= 0.3 is 0 Å². The van der Waals surface area contributed by atoms with E-state index >= 15 is 0 Å². The molecule has 2 aromatic carbocycles. The van der Waals surface area contributed by atoms with E-state index in [0.717, 1.165) is 43.8 Å². The zero-order chi connectivity index (χ0) is 29.2. The molecule has 0 bridgehead atoms. The van der Waals surface area contributed by atoms with Crippen LogP contribution in [0.2, 0.25) is 5.02 Å². The van der Waals surface area contributed by atoms with Crippen molar-refractivity contribution in [3.05, 3.63) is 82.3 Å². The van der Waals surface area contributed by atoms with Crippen LogP contribution in [0.25, 0.3) is 0 Å². The largest absolute Gasteiger partial charge is 0.493 e. The van der Waals surface area contributed by atoms with E-state index in [1.165, 1.54) is 6.42 Å². The average molecular weight is 582 g/mol. The minimum atomic E-state index is -0.180. The second-order valence-corrected chi connectivity index (χ2v) is 10.8. The van der Waals surface area contributed by atoms with Crippen LogP contribution >= 0.6 is 11.6 Å². The Bertz CT molecular complexity index is 1290. The summed E-state index contributed by atoms with van der Waals surface area (Å²) in [7, 11) is 3.21. The summed E-state index contributed by atoms with van der Waals surface area (Å²) in [6.45, 7) is 5.86. The lowest BCUT2D eigenvalue weighted by molar-refractivity contribution is -0.132. The smallest absolute Gasteiger partial charge is 0.254 e. The Labute approximate surface area is 247 Å². The van der Waals surface area contributed by atoms with Gasteiger partial charge in [-0.1, -0.05) is 24.1 Å². The quantitative estimate of drug-likeness (QED) is 0.267. The number of ether oxygens (including phenoxy) is 2. The summed E-state index contributed by atoms with van der Waals surface area (Å²) < 4.78 is 16.6. The van der Waals surface area contributed by atoms with Crippen molar-refractivity contribution in [2.24, 2.45) is 0 Å². The van der Waals surface area contributed by atoms with Gasteiger partial charge < -0.3 is 28.6 Å². The standard InChI is InChI=1S/C32H40ClN3O5/c1-24-7-13-28(41-24)22-35(18-15-25-8-14-29(39-2)30(21-25)40-3)31(37)23-36(20-19-34-16-5-4-6-17-34)32(38)26-9-11-27(33)12-10-26/h7-14,21H,4-6,15-20,22-23H2,1-3H3. The number of rotatable bonds is 13. The molecule has 1 aromatic heterocycles. The molecule has 0 unspecified atom stereocenters. The number of piperidine rings is 1. The van der Waals surface area contributed by atoms with Crippen LogP contribution in [0.5, 0.6) is 11.5 Å². The second kappa shape index (κ2) is 14.9. The van der Waals surface area contributed by atoms with E-state index in [1.807, 2.05) is 37.3 Å². The van der Waals surface area contributed by atoms with Gasteiger partial charge in [0.25, 0.3) is 5.91 Å². The monoisotopic (exact) mass is 581 g/mol. The van der Waals surface area contributed by atoms with E-state index < -0.39 is 0 Å². The fourth-order valence-electron chi connectivity index (χ4n) is 5.09. The number of carbonyl (C=O) groups excluding carboxylic acids is 2. The first kappa shape index (κ1) is 30.5. The number of hydrogen-bond acceptors (Lipinski definition) is 6. The van der Waals surface area contributed by atoms with Crippen molar-refractivity contribution in [1.29, 1.82) is 0 Å². The zero-order valence-corrected chi connectivity index (χ0v) is 25.0. The number of aryl methyl sites for hydroxylation is 1. The van der Waals surface area contributed by atoms with Crippen LogP contribution in [0.15, 0.2) is 59.0 Å². The van der Waals surface area contributed by atoms with Crippen LogP contribution in [-0.4, -0.2) is 80.0 Å². The van der Waals surface area contributed by atoms with Crippen molar-refractivity contribution in [2.45, 2.75) is 39.2 Å². The van der Waals surface area contributed by atoms with Gasteiger partial charge in [0, 0.05) is 30.2 Å². The Morgan fingerprint density at radius 2 is 1.63 bits per heavy atom.